The molecular formula is C36H41NO5S. The molecule has 0 saturated carbocycles. The summed E-state index contributed by atoms with van der Waals surface area (Å²) in [5, 5.41) is 10.9. The molecule has 0 amide bonds. The third kappa shape index (κ3) is 7.64. The molecule has 226 valence electrons. The monoisotopic (exact) mass is 599 g/mol. The van der Waals surface area contributed by atoms with Gasteiger partial charge in [-0.15, -0.1) is 11.3 Å². The molecule has 0 spiro atoms. The maximum absolute atomic E-state index is 14.0. The molecule has 2 heterocycles. The van der Waals surface area contributed by atoms with E-state index < -0.39 is 0 Å². The number of hydrogen-bond acceptors (Lipinski definition) is 7. The Hall–Kier alpha value is -3.68. The summed E-state index contributed by atoms with van der Waals surface area (Å²) in [7, 11) is 0. The predicted molar refractivity (Wildman–Crippen MR) is 173 cm³/mol. The smallest absolute Gasteiger partial charge is 0.311 e. The van der Waals surface area contributed by atoms with Crippen LogP contribution in [0.2, 0.25) is 0 Å². The van der Waals surface area contributed by atoms with Crippen LogP contribution in [0.5, 0.6) is 17.2 Å². The van der Waals surface area contributed by atoms with Crippen molar-refractivity contribution in [2.75, 3.05) is 26.2 Å². The first-order valence-electron chi connectivity index (χ1n) is 15.4. The van der Waals surface area contributed by atoms with Crippen LogP contribution in [0.3, 0.4) is 0 Å². The van der Waals surface area contributed by atoms with E-state index in [0.29, 0.717) is 35.8 Å². The molecule has 3 aromatic carbocycles. The molecule has 6 nitrogen and oxygen atoms in total. The Morgan fingerprint density at radius 3 is 2.44 bits per heavy atom. The van der Waals surface area contributed by atoms with E-state index in [4.69, 9.17) is 9.47 Å². The van der Waals surface area contributed by atoms with Gasteiger partial charge >= 0.3 is 5.97 Å². The quantitative estimate of drug-likeness (QED) is 0.0946. The number of likely N-dealkylation sites (tertiary alicyclic amines) is 1. The zero-order chi connectivity index (χ0) is 30.3. The first kappa shape index (κ1) is 30.8. The van der Waals surface area contributed by atoms with Gasteiger partial charge in [0.2, 0.25) is 0 Å². The molecule has 43 heavy (non-hydrogen) atoms. The zero-order valence-corrected chi connectivity index (χ0v) is 26.1. The molecule has 4 aromatic rings. The number of aromatic hydroxyl groups is 1. The largest absolute Gasteiger partial charge is 0.508 e. The molecular weight excluding hydrogens is 558 g/mol. The molecule has 1 aliphatic rings. The first-order valence-corrected chi connectivity index (χ1v) is 16.2. The van der Waals surface area contributed by atoms with Gasteiger partial charge in [0.05, 0.1) is 0 Å². The topological polar surface area (TPSA) is 76.1 Å². The van der Waals surface area contributed by atoms with E-state index in [2.05, 4.69) is 25.7 Å². The van der Waals surface area contributed by atoms with Crippen molar-refractivity contribution in [3.63, 3.8) is 0 Å². The highest BCUT2D eigenvalue weighted by Crippen LogP contribution is 2.41. The number of ether oxygens (including phenoxy) is 2. The third-order valence-electron chi connectivity index (χ3n) is 8.28. The normalized spacial score (nSPS) is 15.9. The van der Waals surface area contributed by atoms with Crippen LogP contribution in [-0.2, 0) is 4.79 Å². The fraction of sp³-hybridized carbons (Fsp3) is 0.389. The molecule has 5 rings (SSSR count). The summed E-state index contributed by atoms with van der Waals surface area (Å²) in [5.74, 6) is 2.15. The molecule has 0 radical (unpaired) electrons. The summed E-state index contributed by atoms with van der Waals surface area (Å²) >= 11 is 1.46. The highest BCUT2D eigenvalue weighted by Gasteiger charge is 2.23. The number of esters is 1. The Morgan fingerprint density at radius 1 is 1.02 bits per heavy atom. The molecule has 1 aliphatic heterocycles. The van der Waals surface area contributed by atoms with Crippen LogP contribution in [0.4, 0.5) is 0 Å². The van der Waals surface area contributed by atoms with E-state index in [1.54, 1.807) is 30.3 Å². The Bertz CT molecular complexity index is 1540. The Morgan fingerprint density at radius 2 is 1.77 bits per heavy atom. The van der Waals surface area contributed by atoms with Crippen molar-refractivity contribution in [3.8, 4) is 27.7 Å². The van der Waals surface area contributed by atoms with Gasteiger partial charge < -0.3 is 14.6 Å². The second-order valence-corrected chi connectivity index (χ2v) is 12.7. The van der Waals surface area contributed by atoms with Crippen molar-refractivity contribution >= 4 is 33.2 Å². The number of thiophene rings is 1. The SMILES string of the molecule is CCCC(CC)CC(=O)Oc1ccc(-c2sc3cc(O)ccc3c2C(=O)c2ccc(OCCN3CCC(C)C3)cc2)cc1. The van der Waals surface area contributed by atoms with E-state index in [1.807, 2.05) is 36.4 Å². The summed E-state index contributed by atoms with van der Waals surface area (Å²) in [4.78, 5) is 29.7. The summed E-state index contributed by atoms with van der Waals surface area (Å²) in [6, 6.07) is 19.7. The van der Waals surface area contributed by atoms with Gasteiger partial charge in [0.1, 0.15) is 23.9 Å². The van der Waals surface area contributed by atoms with Gasteiger partial charge in [-0.2, -0.15) is 0 Å². The van der Waals surface area contributed by atoms with Crippen molar-refractivity contribution in [1.82, 2.24) is 4.90 Å². The number of carbonyl (C=O) groups excluding carboxylic acids is 2. The fourth-order valence-electron chi connectivity index (χ4n) is 5.82. The van der Waals surface area contributed by atoms with Crippen molar-refractivity contribution in [2.24, 2.45) is 11.8 Å². The average molecular weight is 600 g/mol. The highest BCUT2D eigenvalue weighted by molar-refractivity contribution is 7.22. The van der Waals surface area contributed by atoms with Gasteiger partial charge in [0.15, 0.2) is 5.78 Å². The van der Waals surface area contributed by atoms with Crippen LogP contribution in [0.25, 0.3) is 20.5 Å². The number of phenolic OH excluding ortho intramolecular Hbond substituents is 1. The van der Waals surface area contributed by atoms with Crippen LogP contribution in [0.15, 0.2) is 66.7 Å². The van der Waals surface area contributed by atoms with E-state index in [-0.39, 0.29) is 17.5 Å². The number of carbonyl (C=O) groups is 2. The second-order valence-electron chi connectivity index (χ2n) is 11.6. The van der Waals surface area contributed by atoms with Crippen molar-refractivity contribution in [1.29, 1.82) is 0 Å². The van der Waals surface area contributed by atoms with E-state index >= 15 is 0 Å². The molecule has 1 N–H and O–H groups in total. The van der Waals surface area contributed by atoms with Crippen LogP contribution in [0, 0.1) is 11.8 Å². The second kappa shape index (κ2) is 14.2. The standard InChI is InChI=1S/C36H41NO5S/c1-4-6-25(5-2)21-33(39)42-30-14-9-27(10-15-30)36-34(31-16-11-28(38)22-32(31)43-36)35(40)26-7-12-29(13-8-26)41-20-19-37-18-17-24(3)23-37/h7-16,22,24-25,38H,4-6,17-21,23H2,1-3H3. The van der Waals surface area contributed by atoms with Crippen LogP contribution in [0.1, 0.15) is 68.8 Å². The molecule has 2 atom stereocenters. The number of fused-ring (bicyclic) bond motifs is 1. The number of benzene rings is 3. The van der Waals surface area contributed by atoms with Crippen molar-refractivity contribution < 1.29 is 24.2 Å². The number of nitrogens with zero attached hydrogens (tertiary/aromatic N) is 1. The number of rotatable bonds is 13. The van der Waals surface area contributed by atoms with E-state index in [9.17, 15) is 14.7 Å². The van der Waals surface area contributed by atoms with Gasteiger partial charge in [-0.1, -0.05) is 40.0 Å². The Kier molecular flexibility index (Phi) is 10.2. The summed E-state index contributed by atoms with van der Waals surface area (Å²) in [5.41, 5.74) is 2.00. The first-order chi connectivity index (χ1) is 20.8. The maximum Gasteiger partial charge on any atom is 0.311 e. The molecule has 1 aromatic heterocycles. The third-order valence-corrected chi connectivity index (χ3v) is 9.48. The summed E-state index contributed by atoms with van der Waals surface area (Å²) in [6.07, 6.45) is 4.66. The number of phenols is 1. The van der Waals surface area contributed by atoms with Gasteiger partial charge in [0.25, 0.3) is 0 Å². The lowest BCUT2D eigenvalue weighted by atomic mass is 9.97. The van der Waals surface area contributed by atoms with E-state index in [0.717, 1.165) is 71.1 Å². The Balaban J connectivity index is 1.33. The minimum absolute atomic E-state index is 0.0958. The van der Waals surface area contributed by atoms with Gasteiger partial charge in [-0.25, -0.2) is 0 Å². The van der Waals surface area contributed by atoms with Gasteiger partial charge in [0, 0.05) is 45.6 Å². The Labute approximate surface area is 258 Å². The van der Waals surface area contributed by atoms with E-state index in [1.165, 1.54) is 17.8 Å². The number of ketones is 1. The molecule has 0 bridgehead atoms. The minimum atomic E-state index is -0.223. The molecule has 1 saturated heterocycles. The average Bonchev–Trinajstić information content (AvgIpc) is 3.60. The molecule has 0 aliphatic carbocycles. The molecule has 7 heteroatoms. The van der Waals surface area contributed by atoms with Gasteiger partial charge in [-0.3, -0.25) is 14.5 Å². The lowest BCUT2D eigenvalue weighted by Crippen LogP contribution is -2.25. The summed E-state index contributed by atoms with van der Waals surface area (Å²) < 4.78 is 12.4. The molecule has 1 fully saturated rings. The molecule has 2 unspecified atom stereocenters. The highest BCUT2D eigenvalue weighted by atomic mass is 32.1. The van der Waals surface area contributed by atoms with Gasteiger partial charge in [-0.05, 0) is 97.1 Å². The predicted octanol–water partition coefficient (Wildman–Crippen LogP) is 8.35. The lowest BCUT2D eigenvalue weighted by Gasteiger charge is -2.15. The maximum atomic E-state index is 14.0. The lowest BCUT2D eigenvalue weighted by molar-refractivity contribution is -0.135. The van der Waals surface area contributed by atoms with Crippen molar-refractivity contribution in [2.45, 2.75) is 52.9 Å². The zero-order valence-electron chi connectivity index (χ0n) is 25.3. The van der Waals surface area contributed by atoms with Crippen LogP contribution < -0.4 is 9.47 Å². The fourth-order valence-corrected chi connectivity index (χ4v) is 7.06. The van der Waals surface area contributed by atoms with Crippen molar-refractivity contribution in [3.05, 3.63) is 77.9 Å². The summed E-state index contributed by atoms with van der Waals surface area (Å²) in [6.45, 7) is 10.3. The number of hydrogen-bond donors (Lipinski definition) is 1. The van der Waals surface area contributed by atoms with Crippen LogP contribution >= 0.6 is 11.3 Å². The van der Waals surface area contributed by atoms with Crippen LogP contribution in [-0.4, -0.2) is 48.0 Å². The minimum Gasteiger partial charge on any atom is -0.508 e.